The van der Waals surface area contributed by atoms with Gasteiger partial charge in [0.05, 0.1) is 5.75 Å². The van der Waals surface area contributed by atoms with E-state index >= 15 is 0 Å². The van der Waals surface area contributed by atoms with Crippen molar-refractivity contribution in [1.29, 1.82) is 0 Å². The van der Waals surface area contributed by atoms with Crippen LogP contribution in [0.15, 0.2) is 29.3 Å². The fourth-order valence-electron chi connectivity index (χ4n) is 2.23. The molecule has 0 aliphatic heterocycles. The second-order valence-corrected chi connectivity index (χ2v) is 8.64. The van der Waals surface area contributed by atoms with Crippen LogP contribution < -0.4 is 16.0 Å². The third-order valence-corrected chi connectivity index (χ3v) is 4.68. The van der Waals surface area contributed by atoms with E-state index in [-0.39, 0.29) is 17.7 Å². The van der Waals surface area contributed by atoms with Crippen LogP contribution in [0.1, 0.15) is 38.7 Å². The molecular formula is C18H30N4O3S. The van der Waals surface area contributed by atoms with E-state index in [1.165, 1.54) is 6.26 Å². The van der Waals surface area contributed by atoms with Gasteiger partial charge in [-0.25, -0.2) is 8.42 Å². The summed E-state index contributed by atoms with van der Waals surface area (Å²) in [7, 11) is -1.29. The van der Waals surface area contributed by atoms with Crippen LogP contribution in [-0.2, 0) is 21.2 Å². The van der Waals surface area contributed by atoms with E-state index in [0.717, 1.165) is 17.7 Å². The van der Waals surface area contributed by atoms with E-state index in [9.17, 15) is 13.2 Å². The zero-order valence-corrected chi connectivity index (χ0v) is 16.8. The number of anilines is 1. The minimum Gasteiger partial charge on any atom is -0.354 e. The van der Waals surface area contributed by atoms with Gasteiger partial charge in [-0.1, -0.05) is 19.1 Å². The van der Waals surface area contributed by atoms with Gasteiger partial charge < -0.3 is 16.0 Å². The van der Waals surface area contributed by atoms with Gasteiger partial charge in [0.2, 0.25) is 5.91 Å². The highest BCUT2D eigenvalue weighted by Gasteiger charge is 2.09. The first kappa shape index (κ1) is 22.0. The lowest BCUT2D eigenvalue weighted by molar-refractivity contribution is -0.116. The Kier molecular flexibility index (Phi) is 9.12. The Hall–Kier alpha value is -2.09. The van der Waals surface area contributed by atoms with Crippen LogP contribution in [0.3, 0.4) is 0 Å². The van der Waals surface area contributed by atoms with Crippen LogP contribution >= 0.6 is 0 Å². The lowest BCUT2D eigenvalue weighted by Gasteiger charge is -2.17. The van der Waals surface area contributed by atoms with Crippen LogP contribution in [0.5, 0.6) is 0 Å². The number of rotatable bonds is 9. The average molecular weight is 383 g/mol. The zero-order valence-electron chi connectivity index (χ0n) is 16.0. The number of carbonyl (C=O) groups excluding carboxylic acids is 1. The summed E-state index contributed by atoms with van der Waals surface area (Å²) >= 11 is 0. The average Bonchev–Trinajstić information content (AvgIpc) is 2.57. The molecule has 0 saturated heterocycles. The number of nitrogens with one attached hydrogen (secondary N) is 3. The maximum absolute atomic E-state index is 11.6. The minimum atomic E-state index is -2.96. The largest absolute Gasteiger partial charge is 0.354 e. The second-order valence-electron chi connectivity index (χ2n) is 6.38. The Morgan fingerprint density at radius 2 is 1.88 bits per heavy atom. The Bertz CT molecular complexity index is 700. The summed E-state index contributed by atoms with van der Waals surface area (Å²) in [6.07, 6.45) is 3.10. The minimum absolute atomic E-state index is 0.00733. The van der Waals surface area contributed by atoms with Crippen LogP contribution in [-0.4, -0.2) is 45.4 Å². The van der Waals surface area contributed by atoms with E-state index < -0.39 is 9.84 Å². The predicted octanol–water partition coefficient (Wildman–Crippen LogP) is 1.91. The van der Waals surface area contributed by atoms with Crippen molar-refractivity contribution in [2.75, 3.05) is 24.4 Å². The van der Waals surface area contributed by atoms with E-state index in [0.29, 0.717) is 25.3 Å². The summed E-state index contributed by atoms with van der Waals surface area (Å²) < 4.78 is 22.5. The molecule has 26 heavy (non-hydrogen) atoms. The quantitative estimate of drug-likeness (QED) is 0.447. The number of benzene rings is 1. The molecule has 1 atom stereocenters. The smallest absolute Gasteiger partial charge is 0.224 e. The number of amides is 1. The Labute approximate surface area is 156 Å². The molecule has 0 aliphatic carbocycles. The first-order valence-electron chi connectivity index (χ1n) is 8.77. The van der Waals surface area contributed by atoms with Gasteiger partial charge in [0.25, 0.3) is 0 Å². The van der Waals surface area contributed by atoms with Crippen LogP contribution in [0.25, 0.3) is 0 Å². The molecule has 0 radical (unpaired) electrons. The molecule has 8 heteroatoms. The molecule has 7 nitrogen and oxygen atoms in total. The summed E-state index contributed by atoms with van der Waals surface area (Å²) in [6.45, 7) is 4.46. The molecule has 146 valence electrons. The van der Waals surface area contributed by atoms with Crippen LogP contribution in [0.2, 0.25) is 0 Å². The molecule has 1 aromatic rings. The van der Waals surface area contributed by atoms with E-state index in [2.05, 4.69) is 20.9 Å². The number of hydrogen-bond donors (Lipinski definition) is 3. The molecule has 0 aromatic heterocycles. The van der Waals surface area contributed by atoms with Crippen molar-refractivity contribution in [2.24, 2.45) is 4.99 Å². The normalized spacial score (nSPS) is 13.2. The Morgan fingerprint density at radius 1 is 1.23 bits per heavy atom. The van der Waals surface area contributed by atoms with E-state index in [4.69, 9.17) is 0 Å². The standard InChI is InChI=1S/C18H30N4O3S/c1-5-6-17(23)22-16-9-7-15(8-10-16)13-20-18(19-3)21-14(2)11-12-26(4,24)25/h7-10,14H,5-6,11-13H2,1-4H3,(H,22,23)(H2,19,20,21). The third kappa shape index (κ3) is 9.41. The maximum atomic E-state index is 11.6. The molecule has 0 saturated carbocycles. The fraction of sp³-hybridized carbons (Fsp3) is 0.556. The maximum Gasteiger partial charge on any atom is 0.224 e. The molecule has 1 rings (SSSR count). The summed E-state index contributed by atoms with van der Waals surface area (Å²) in [6, 6.07) is 7.61. The zero-order chi connectivity index (χ0) is 19.6. The van der Waals surface area contributed by atoms with Gasteiger partial charge >= 0.3 is 0 Å². The third-order valence-electron chi connectivity index (χ3n) is 3.70. The lowest BCUT2D eigenvalue weighted by atomic mass is 10.2. The number of guanidine groups is 1. The molecular weight excluding hydrogens is 352 g/mol. The van der Waals surface area contributed by atoms with Crippen LogP contribution in [0, 0.1) is 0 Å². The highest BCUT2D eigenvalue weighted by atomic mass is 32.2. The van der Waals surface area contributed by atoms with Crippen molar-refractivity contribution in [1.82, 2.24) is 10.6 Å². The van der Waals surface area contributed by atoms with Crippen molar-refractivity contribution in [2.45, 2.75) is 45.7 Å². The molecule has 0 aliphatic rings. The monoisotopic (exact) mass is 382 g/mol. The number of carbonyl (C=O) groups is 1. The Morgan fingerprint density at radius 3 is 2.42 bits per heavy atom. The highest BCUT2D eigenvalue weighted by Crippen LogP contribution is 2.10. The van der Waals surface area contributed by atoms with Gasteiger partial charge in [0.15, 0.2) is 5.96 Å². The first-order valence-corrected chi connectivity index (χ1v) is 10.8. The second kappa shape index (κ2) is 10.8. The summed E-state index contributed by atoms with van der Waals surface area (Å²) in [4.78, 5) is 15.7. The summed E-state index contributed by atoms with van der Waals surface area (Å²) in [5, 5.41) is 9.23. The molecule has 1 unspecified atom stereocenters. The van der Waals surface area contributed by atoms with Crippen molar-refractivity contribution in [3.8, 4) is 0 Å². The van der Waals surface area contributed by atoms with Crippen LogP contribution in [0.4, 0.5) is 5.69 Å². The number of nitrogens with zero attached hydrogens (tertiary/aromatic N) is 1. The topological polar surface area (TPSA) is 99.7 Å². The van der Waals surface area contributed by atoms with Crippen molar-refractivity contribution >= 4 is 27.4 Å². The molecule has 0 spiro atoms. The highest BCUT2D eigenvalue weighted by molar-refractivity contribution is 7.90. The fourth-order valence-corrected chi connectivity index (χ4v) is 3.02. The Balaban J connectivity index is 2.47. The van der Waals surface area contributed by atoms with Gasteiger partial charge in [-0.3, -0.25) is 9.79 Å². The molecule has 3 N–H and O–H groups in total. The first-order chi connectivity index (χ1) is 12.2. The molecule has 0 bridgehead atoms. The van der Waals surface area contributed by atoms with Crippen molar-refractivity contribution in [3.05, 3.63) is 29.8 Å². The summed E-state index contributed by atoms with van der Waals surface area (Å²) in [5.41, 5.74) is 1.83. The number of aliphatic imine (C=N–C) groups is 1. The van der Waals surface area contributed by atoms with Gasteiger partial charge in [0, 0.05) is 38.0 Å². The predicted molar refractivity (Wildman–Crippen MR) is 107 cm³/mol. The lowest BCUT2D eigenvalue weighted by Crippen LogP contribution is -2.42. The van der Waals surface area contributed by atoms with Gasteiger partial charge in [-0.15, -0.1) is 0 Å². The van der Waals surface area contributed by atoms with Gasteiger partial charge in [-0.05, 0) is 37.5 Å². The SMILES string of the molecule is CCCC(=O)Nc1ccc(CNC(=NC)NC(C)CCS(C)(=O)=O)cc1. The molecule has 0 heterocycles. The van der Waals surface area contributed by atoms with E-state index in [1.54, 1.807) is 7.05 Å². The summed E-state index contributed by atoms with van der Waals surface area (Å²) in [5.74, 6) is 0.779. The van der Waals surface area contributed by atoms with E-state index in [1.807, 2.05) is 38.1 Å². The number of sulfone groups is 1. The van der Waals surface area contributed by atoms with Crippen molar-refractivity contribution < 1.29 is 13.2 Å². The van der Waals surface area contributed by atoms with Crippen molar-refractivity contribution in [3.63, 3.8) is 0 Å². The van der Waals surface area contributed by atoms with Gasteiger partial charge in [0.1, 0.15) is 9.84 Å². The number of hydrogen-bond acceptors (Lipinski definition) is 4. The molecule has 0 fully saturated rings. The molecule has 1 aromatic carbocycles. The molecule has 1 amide bonds. The van der Waals surface area contributed by atoms with Gasteiger partial charge in [-0.2, -0.15) is 0 Å².